The highest BCUT2D eigenvalue weighted by Gasteiger charge is 2.37. The molecule has 3 heterocycles. The van der Waals surface area contributed by atoms with Crippen LogP contribution in [-0.2, 0) is 0 Å². The van der Waals surface area contributed by atoms with Crippen LogP contribution in [0.4, 0.5) is 10.3 Å². The van der Waals surface area contributed by atoms with E-state index in [1.165, 1.54) is 12.1 Å². The molecule has 1 atom stereocenters. The SMILES string of the molecule is CC1C2=C(CCN1C(=O)c1ccc(Cl)cc1F)N(c1ncccn1)NN2. The molecule has 0 saturated carbocycles. The summed E-state index contributed by atoms with van der Waals surface area (Å²) >= 11 is 5.78. The van der Waals surface area contributed by atoms with Gasteiger partial charge in [-0.1, -0.05) is 11.6 Å². The Morgan fingerprint density at radius 3 is 2.85 bits per heavy atom. The number of anilines is 1. The highest BCUT2D eigenvalue weighted by Crippen LogP contribution is 2.30. The summed E-state index contributed by atoms with van der Waals surface area (Å²) in [6.07, 6.45) is 3.90. The van der Waals surface area contributed by atoms with Crippen molar-refractivity contribution in [2.75, 3.05) is 11.6 Å². The van der Waals surface area contributed by atoms with Crippen LogP contribution in [0.2, 0.25) is 5.02 Å². The molecule has 2 aliphatic rings. The molecule has 0 aliphatic carbocycles. The number of halogens is 2. The van der Waals surface area contributed by atoms with Crippen LogP contribution in [0.5, 0.6) is 0 Å². The van der Waals surface area contributed by atoms with Crippen molar-refractivity contribution >= 4 is 23.5 Å². The zero-order valence-electron chi connectivity index (χ0n) is 13.9. The van der Waals surface area contributed by atoms with E-state index in [-0.39, 0.29) is 22.5 Å². The smallest absolute Gasteiger partial charge is 0.257 e. The standard InChI is InChI=1S/C17H16ClFN6O/c1-10-15-14(25(23-22-15)17-20-6-2-7-21-17)5-8-24(10)16(26)12-4-3-11(18)9-13(12)19/h2-4,6-7,9-10,22-23H,5,8H2,1H3. The van der Waals surface area contributed by atoms with Crippen molar-refractivity contribution in [2.24, 2.45) is 0 Å². The van der Waals surface area contributed by atoms with Crippen molar-refractivity contribution in [3.05, 3.63) is 64.5 Å². The highest BCUT2D eigenvalue weighted by molar-refractivity contribution is 6.30. The Labute approximate surface area is 154 Å². The van der Waals surface area contributed by atoms with Crippen LogP contribution in [0.25, 0.3) is 0 Å². The molecule has 2 N–H and O–H groups in total. The average Bonchev–Trinajstić information content (AvgIpc) is 3.07. The lowest BCUT2D eigenvalue weighted by Gasteiger charge is -2.34. The van der Waals surface area contributed by atoms with Gasteiger partial charge in [0.2, 0.25) is 5.95 Å². The van der Waals surface area contributed by atoms with E-state index >= 15 is 0 Å². The van der Waals surface area contributed by atoms with E-state index < -0.39 is 5.82 Å². The topological polar surface area (TPSA) is 73.4 Å². The number of hydrazine groups is 2. The number of nitrogens with zero attached hydrogens (tertiary/aromatic N) is 4. The summed E-state index contributed by atoms with van der Waals surface area (Å²) in [7, 11) is 0. The Balaban J connectivity index is 1.61. The number of carbonyl (C=O) groups excluding carboxylic acids is 1. The quantitative estimate of drug-likeness (QED) is 0.840. The van der Waals surface area contributed by atoms with Gasteiger partial charge in [0.05, 0.1) is 23.0 Å². The van der Waals surface area contributed by atoms with Crippen LogP contribution in [-0.4, -0.2) is 33.4 Å². The number of carbonyl (C=O) groups is 1. The van der Waals surface area contributed by atoms with Gasteiger partial charge in [-0.15, -0.1) is 5.53 Å². The number of benzene rings is 1. The molecule has 1 amide bonds. The molecule has 2 aliphatic heterocycles. The lowest BCUT2D eigenvalue weighted by atomic mass is 10.0. The number of nitrogens with one attached hydrogen (secondary N) is 2. The summed E-state index contributed by atoms with van der Waals surface area (Å²) < 4.78 is 14.1. The van der Waals surface area contributed by atoms with E-state index in [2.05, 4.69) is 20.9 Å². The predicted molar refractivity (Wildman–Crippen MR) is 94.3 cm³/mol. The summed E-state index contributed by atoms with van der Waals surface area (Å²) in [4.78, 5) is 22.9. The molecule has 0 fully saturated rings. The Kier molecular flexibility index (Phi) is 4.21. The van der Waals surface area contributed by atoms with Gasteiger partial charge in [-0.3, -0.25) is 4.79 Å². The van der Waals surface area contributed by atoms with Crippen molar-refractivity contribution in [1.82, 2.24) is 25.8 Å². The summed E-state index contributed by atoms with van der Waals surface area (Å²) in [5.41, 5.74) is 7.92. The Morgan fingerprint density at radius 2 is 2.12 bits per heavy atom. The van der Waals surface area contributed by atoms with Gasteiger partial charge in [-0.2, -0.15) is 0 Å². The second-order valence-corrected chi connectivity index (χ2v) is 6.47. The first kappa shape index (κ1) is 16.7. The fraction of sp³-hybridized carbons (Fsp3) is 0.235. The zero-order chi connectivity index (χ0) is 18.3. The first-order valence-corrected chi connectivity index (χ1v) is 8.52. The first-order valence-electron chi connectivity index (χ1n) is 8.14. The lowest BCUT2D eigenvalue weighted by Crippen LogP contribution is -2.46. The van der Waals surface area contributed by atoms with Gasteiger partial charge in [0.15, 0.2) is 0 Å². The van der Waals surface area contributed by atoms with Crippen LogP contribution < -0.4 is 16.0 Å². The van der Waals surface area contributed by atoms with Gasteiger partial charge in [-0.25, -0.2) is 19.4 Å². The Bertz CT molecular complexity index is 890. The monoisotopic (exact) mass is 374 g/mol. The van der Waals surface area contributed by atoms with Gasteiger partial charge in [0.1, 0.15) is 5.82 Å². The van der Waals surface area contributed by atoms with Crippen molar-refractivity contribution in [3.8, 4) is 0 Å². The largest absolute Gasteiger partial charge is 0.330 e. The van der Waals surface area contributed by atoms with Gasteiger partial charge in [0.25, 0.3) is 5.91 Å². The van der Waals surface area contributed by atoms with E-state index in [0.717, 1.165) is 17.5 Å². The normalized spacial score (nSPS) is 19.4. The number of amides is 1. The minimum absolute atomic E-state index is 0.0134. The third-order valence-corrected chi connectivity index (χ3v) is 4.77. The molecule has 0 saturated heterocycles. The van der Waals surface area contributed by atoms with E-state index in [1.807, 2.05) is 6.92 Å². The fourth-order valence-electron chi connectivity index (χ4n) is 3.22. The molecule has 134 valence electrons. The third-order valence-electron chi connectivity index (χ3n) is 4.53. The van der Waals surface area contributed by atoms with Crippen LogP contribution in [0, 0.1) is 5.82 Å². The number of aromatic nitrogens is 2. The van der Waals surface area contributed by atoms with Crippen molar-refractivity contribution in [2.45, 2.75) is 19.4 Å². The fourth-order valence-corrected chi connectivity index (χ4v) is 3.38. The molecule has 9 heteroatoms. The zero-order valence-corrected chi connectivity index (χ0v) is 14.7. The molecule has 2 aromatic rings. The molecule has 4 rings (SSSR count). The highest BCUT2D eigenvalue weighted by atomic mass is 35.5. The summed E-state index contributed by atoms with van der Waals surface area (Å²) in [6.45, 7) is 2.35. The molecule has 0 radical (unpaired) electrons. The second kappa shape index (κ2) is 6.54. The van der Waals surface area contributed by atoms with E-state index in [9.17, 15) is 9.18 Å². The van der Waals surface area contributed by atoms with Crippen LogP contribution in [0.3, 0.4) is 0 Å². The van der Waals surface area contributed by atoms with Gasteiger partial charge >= 0.3 is 0 Å². The number of rotatable bonds is 2. The lowest BCUT2D eigenvalue weighted by molar-refractivity contribution is 0.0698. The molecule has 26 heavy (non-hydrogen) atoms. The second-order valence-electron chi connectivity index (χ2n) is 6.03. The van der Waals surface area contributed by atoms with Gasteiger partial charge in [-0.05, 0) is 31.2 Å². The first-order chi connectivity index (χ1) is 12.6. The minimum Gasteiger partial charge on any atom is -0.330 e. The maximum absolute atomic E-state index is 14.1. The van der Waals surface area contributed by atoms with E-state index in [0.29, 0.717) is 18.9 Å². The minimum atomic E-state index is -0.619. The summed E-state index contributed by atoms with van der Waals surface area (Å²) in [6, 6.07) is 5.56. The van der Waals surface area contributed by atoms with Crippen molar-refractivity contribution in [3.63, 3.8) is 0 Å². The van der Waals surface area contributed by atoms with Crippen molar-refractivity contribution in [1.29, 1.82) is 0 Å². The predicted octanol–water partition coefficient (Wildman–Crippen LogP) is 2.24. The molecule has 0 spiro atoms. The molecular formula is C17H16ClFN6O. The molecule has 1 unspecified atom stereocenters. The van der Waals surface area contributed by atoms with Crippen LogP contribution in [0.1, 0.15) is 23.7 Å². The van der Waals surface area contributed by atoms with Crippen LogP contribution in [0.15, 0.2) is 48.1 Å². The van der Waals surface area contributed by atoms with Gasteiger partial charge in [0, 0.05) is 30.4 Å². The molecule has 7 nitrogen and oxygen atoms in total. The summed E-state index contributed by atoms with van der Waals surface area (Å²) in [5.74, 6) is -0.471. The maximum atomic E-state index is 14.1. The number of hydrogen-bond donors (Lipinski definition) is 2. The molecule has 1 aromatic carbocycles. The van der Waals surface area contributed by atoms with Crippen molar-refractivity contribution < 1.29 is 9.18 Å². The van der Waals surface area contributed by atoms with Crippen LogP contribution >= 0.6 is 11.6 Å². The van der Waals surface area contributed by atoms with E-state index in [1.54, 1.807) is 28.4 Å². The average molecular weight is 375 g/mol. The van der Waals surface area contributed by atoms with E-state index in [4.69, 9.17) is 11.6 Å². The molecule has 1 aromatic heterocycles. The number of hydrogen-bond acceptors (Lipinski definition) is 6. The van der Waals surface area contributed by atoms with Gasteiger partial charge < -0.3 is 10.3 Å². The summed E-state index contributed by atoms with van der Waals surface area (Å²) in [5, 5.41) is 2.02. The Hall–Kier alpha value is -2.71. The molecule has 0 bridgehead atoms. The molecular weight excluding hydrogens is 359 g/mol. The Morgan fingerprint density at radius 1 is 1.35 bits per heavy atom. The maximum Gasteiger partial charge on any atom is 0.257 e. The third kappa shape index (κ3) is 2.77.